The van der Waals surface area contributed by atoms with Crippen molar-refractivity contribution in [2.45, 2.75) is 0 Å². The van der Waals surface area contributed by atoms with E-state index >= 15 is 0 Å². The average molecular weight is 600 g/mol. The van der Waals surface area contributed by atoms with Crippen molar-refractivity contribution in [2.24, 2.45) is 0 Å². The molecule has 0 radical (unpaired) electrons. The third-order valence-corrected chi connectivity index (χ3v) is 9.08. The molecule has 0 saturated carbocycles. The highest BCUT2D eigenvalue weighted by Crippen LogP contribution is 2.44. The molecule has 2 aromatic heterocycles. The van der Waals surface area contributed by atoms with E-state index in [1.54, 1.807) is 0 Å². The summed E-state index contributed by atoms with van der Waals surface area (Å²) in [7, 11) is 0. The van der Waals surface area contributed by atoms with Gasteiger partial charge in [-0.1, -0.05) is 127 Å². The molecule has 0 saturated heterocycles. The van der Waals surface area contributed by atoms with Crippen LogP contribution in [0.3, 0.4) is 0 Å². The maximum atomic E-state index is 5.16. The number of rotatable bonds is 5. The van der Waals surface area contributed by atoms with Gasteiger partial charge < -0.3 is 0 Å². The standard InChI is InChI=1S/C44H29N3/c1-2-15-35(16-3-1)47-41-22-9-8-21-40(41)46-44(47)33-13-10-12-32(28-33)43-38-19-6-4-17-36(38)42(37-18-5-7-20-39(37)43)31-25-23-30(24-26-31)34-14-11-27-45-29-34/h1-29H. The number of fused-ring (bicyclic) bond motifs is 3. The van der Waals surface area contributed by atoms with Gasteiger partial charge in [0.1, 0.15) is 5.82 Å². The highest BCUT2D eigenvalue weighted by molar-refractivity contribution is 6.21. The van der Waals surface area contributed by atoms with E-state index in [0.717, 1.165) is 39.2 Å². The molecule has 0 aliphatic carbocycles. The molecule has 0 fully saturated rings. The molecular weight excluding hydrogens is 571 g/mol. The Morgan fingerprint density at radius 2 is 0.979 bits per heavy atom. The van der Waals surface area contributed by atoms with E-state index in [-0.39, 0.29) is 0 Å². The largest absolute Gasteiger partial charge is 0.292 e. The van der Waals surface area contributed by atoms with Crippen LogP contribution in [-0.2, 0) is 0 Å². The zero-order valence-corrected chi connectivity index (χ0v) is 25.6. The summed E-state index contributed by atoms with van der Waals surface area (Å²) in [6.45, 7) is 0. The first-order valence-corrected chi connectivity index (χ1v) is 15.9. The van der Waals surface area contributed by atoms with Crippen molar-refractivity contribution in [1.82, 2.24) is 14.5 Å². The summed E-state index contributed by atoms with van der Waals surface area (Å²) >= 11 is 0. The minimum atomic E-state index is 0.929. The quantitative estimate of drug-likeness (QED) is 0.184. The van der Waals surface area contributed by atoms with Gasteiger partial charge in [0.05, 0.1) is 11.0 Å². The van der Waals surface area contributed by atoms with Crippen molar-refractivity contribution >= 4 is 32.6 Å². The van der Waals surface area contributed by atoms with E-state index in [0.29, 0.717) is 0 Å². The third-order valence-electron chi connectivity index (χ3n) is 9.08. The first-order chi connectivity index (χ1) is 23.3. The molecule has 9 aromatic rings. The van der Waals surface area contributed by atoms with Crippen LogP contribution in [0, 0.1) is 0 Å². The van der Waals surface area contributed by atoms with Gasteiger partial charge in [-0.25, -0.2) is 4.98 Å². The van der Waals surface area contributed by atoms with E-state index in [4.69, 9.17) is 4.98 Å². The smallest absolute Gasteiger partial charge is 0.145 e. The molecule has 2 heterocycles. The number of hydrogen-bond donors (Lipinski definition) is 0. The molecule has 0 unspecified atom stereocenters. The zero-order chi connectivity index (χ0) is 31.2. The lowest BCUT2D eigenvalue weighted by Crippen LogP contribution is -1.97. The maximum Gasteiger partial charge on any atom is 0.145 e. The van der Waals surface area contributed by atoms with Gasteiger partial charge in [0.25, 0.3) is 0 Å². The highest BCUT2D eigenvalue weighted by Gasteiger charge is 2.19. The monoisotopic (exact) mass is 599 g/mol. The van der Waals surface area contributed by atoms with Crippen molar-refractivity contribution in [3.8, 4) is 50.5 Å². The van der Waals surface area contributed by atoms with Gasteiger partial charge in [0, 0.05) is 23.6 Å². The van der Waals surface area contributed by atoms with Crippen LogP contribution in [0.1, 0.15) is 0 Å². The van der Waals surface area contributed by atoms with Crippen LogP contribution in [0.25, 0.3) is 83.0 Å². The molecular formula is C44H29N3. The van der Waals surface area contributed by atoms with E-state index in [1.165, 1.54) is 43.8 Å². The molecule has 0 spiro atoms. The SMILES string of the molecule is c1ccc(-n2c(-c3cccc(-c4c5ccccc5c(-c5ccc(-c6cccnc6)cc5)c5ccccc45)c3)nc3ccccc32)cc1. The number of imidazole rings is 1. The van der Waals surface area contributed by atoms with Crippen molar-refractivity contribution in [3.63, 3.8) is 0 Å². The third kappa shape index (κ3) is 4.60. The van der Waals surface area contributed by atoms with Gasteiger partial charge in [-0.05, 0) is 91.3 Å². The predicted octanol–water partition coefficient (Wildman–Crippen LogP) is 11.4. The van der Waals surface area contributed by atoms with Crippen molar-refractivity contribution in [1.29, 1.82) is 0 Å². The molecule has 0 aliphatic rings. The number of benzene rings is 7. The Labute approximate surface area is 273 Å². The van der Waals surface area contributed by atoms with Crippen LogP contribution in [-0.4, -0.2) is 14.5 Å². The molecule has 3 heteroatoms. The summed E-state index contributed by atoms with van der Waals surface area (Å²) in [5.41, 5.74) is 11.4. The summed E-state index contributed by atoms with van der Waals surface area (Å²) in [6.07, 6.45) is 3.73. The highest BCUT2D eigenvalue weighted by atomic mass is 15.1. The predicted molar refractivity (Wildman–Crippen MR) is 196 cm³/mol. The minimum Gasteiger partial charge on any atom is -0.292 e. The summed E-state index contributed by atoms with van der Waals surface area (Å²) < 4.78 is 2.27. The fourth-order valence-electron chi connectivity index (χ4n) is 6.99. The lowest BCUT2D eigenvalue weighted by molar-refractivity contribution is 1.10. The Kier molecular flexibility index (Phi) is 6.46. The Balaban J connectivity index is 1.26. The molecule has 0 bridgehead atoms. The van der Waals surface area contributed by atoms with Crippen LogP contribution in [0.5, 0.6) is 0 Å². The number of nitrogens with zero attached hydrogens (tertiary/aromatic N) is 3. The second kappa shape index (κ2) is 11.2. The van der Waals surface area contributed by atoms with Gasteiger partial charge in [-0.2, -0.15) is 0 Å². The summed E-state index contributed by atoms with van der Waals surface area (Å²) in [4.78, 5) is 9.47. The number of pyridine rings is 1. The van der Waals surface area contributed by atoms with Crippen LogP contribution < -0.4 is 0 Å². The summed E-state index contributed by atoms with van der Waals surface area (Å²) in [6, 6.07) is 58.3. The van der Waals surface area contributed by atoms with Crippen molar-refractivity contribution in [2.75, 3.05) is 0 Å². The minimum absolute atomic E-state index is 0.929. The van der Waals surface area contributed by atoms with Gasteiger partial charge in [-0.15, -0.1) is 0 Å². The lowest BCUT2D eigenvalue weighted by Gasteiger charge is -2.18. The first-order valence-electron chi connectivity index (χ1n) is 15.9. The van der Waals surface area contributed by atoms with Crippen LogP contribution in [0.2, 0.25) is 0 Å². The van der Waals surface area contributed by atoms with Gasteiger partial charge in [0.15, 0.2) is 0 Å². The van der Waals surface area contributed by atoms with Crippen molar-refractivity contribution in [3.05, 3.63) is 176 Å². The molecule has 0 N–H and O–H groups in total. The molecule has 7 aromatic carbocycles. The van der Waals surface area contributed by atoms with E-state index in [2.05, 4.69) is 167 Å². The van der Waals surface area contributed by atoms with Gasteiger partial charge >= 0.3 is 0 Å². The van der Waals surface area contributed by atoms with Crippen molar-refractivity contribution < 1.29 is 0 Å². The Bertz CT molecular complexity index is 2490. The Hall–Kier alpha value is -6.32. The van der Waals surface area contributed by atoms with Crippen LogP contribution in [0.15, 0.2) is 176 Å². The fraction of sp³-hybridized carbons (Fsp3) is 0. The number of para-hydroxylation sites is 3. The van der Waals surface area contributed by atoms with Gasteiger partial charge in [0.2, 0.25) is 0 Å². The van der Waals surface area contributed by atoms with Gasteiger partial charge in [-0.3, -0.25) is 9.55 Å². The molecule has 47 heavy (non-hydrogen) atoms. The molecule has 0 atom stereocenters. The molecule has 9 rings (SSSR count). The topological polar surface area (TPSA) is 30.7 Å². The number of hydrogen-bond acceptors (Lipinski definition) is 2. The second-order valence-electron chi connectivity index (χ2n) is 11.8. The normalized spacial score (nSPS) is 11.4. The van der Waals surface area contributed by atoms with Crippen LogP contribution >= 0.6 is 0 Å². The van der Waals surface area contributed by atoms with E-state index in [9.17, 15) is 0 Å². The average Bonchev–Trinajstić information content (AvgIpc) is 3.54. The maximum absolute atomic E-state index is 5.16. The number of aromatic nitrogens is 3. The first kappa shape index (κ1) is 27.0. The summed E-state index contributed by atoms with van der Waals surface area (Å²) in [5.74, 6) is 0.929. The van der Waals surface area contributed by atoms with Crippen LogP contribution in [0.4, 0.5) is 0 Å². The second-order valence-corrected chi connectivity index (χ2v) is 11.8. The molecule has 3 nitrogen and oxygen atoms in total. The zero-order valence-electron chi connectivity index (χ0n) is 25.6. The fourth-order valence-corrected chi connectivity index (χ4v) is 6.99. The molecule has 0 amide bonds. The summed E-state index contributed by atoms with van der Waals surface area (Å²) in [5, 5.41) is 4.92. The molecule has 0 aliphatic heterocycles. The lowest BCUT2D eigenvalue weighted by atomic mass is 9.85. The Morgan fingerprint density at radius 1 is 0.404 bits per heavy atom. The molecule has 220 valence electrons. The Morgan fingerprint density at radius 3 is 1.66 bits per heavy atom. The van der Waals surface area contributed by atoms with E-state index in [1.807, 2.05) is 18.5 Å². The van der Waals surface area contributed by atoms with E-state index < -0.39 is 0 Å².